The number of carbonyl (C=O) groups excluding carboxylic acids is 3. The van der Waals surface area contributed by atoms with Gasteiger partial charge < -0.3 is 10.2 Å². The van der Waals surface area contributed by atoms with Gasteiger partial charge in [-0.25, -0.2) is 0 Å². The fourth-order valence-corrected chi connectivity index (χ4v) is 1.89. The largest absolute Gasteiger partial charge is 0.353 e. The lowest BCUT2D eigenvalue weighted by molar-refractivity contribution is -0.135. The number of rotatable bonds is 3. The molecule has 1 heterocycles. The van der Waals surface area contributed by atoms with Crippen molar-refractivity contribution in [3.05, 3.63) is 0 Å². The summed E-state index contributed by atoms with van der Waals surface area (Å²) < 4.78 is 0. The van der Waals surface area contributed by atoms with E-state index in [-0.39, 0.29) is 30.1 Å². The number of amides is 2. The number of Topliss-reactive ketones (excluding diaryl/α,β-unsaturated/α-hetero) is 1. The van der Waals surface area contributed by atoms with Crippen molar-refractivity contribution in [3.63, 3.8) is 0 Å². The van der Waals surface area contributed by atoms with Gasteiger partial charge in [0, 0.05) is 26.1 Å². The first-order valence-corrected chi connectivity index (χ1v) is 5.53. The van der Waals surface area contributed by atoms with E-state index in [2.05, 4.69) is 5.32 Å². The predicted octanol–water partition coefficient (Wildman–Crippen LogP) is 0.0926. The van der Waals surface area contributed by atoms with E-state index in [1.807, 2.05) is 0 Å². The van der Waals surface area contributed by atoms with Crippen LogP contribution in [0, 0.1) is 0 Å². The van der Waals surface area contributed by atoms with E-state index < -0.39 is 0 Å². The fraction of sp³-hybridized carbons (Fsp3) is 0.727. The van der Waals surface area contributed by atoms with Gasteiger partial charge in [0.1, 0.15) is 5.78 Å². The van der Waals surface area contributed by atoms with Crippen LogP contribution in [0.1, 0.15) is 33.1 Å². The third-order valence-electron chi connectivity index (χ3n) is 2.66. The van der Waals surface area contributed by atoms with Crippen LogP contribution in [0.25, 0.3) is 0 Å². The van der Waals surface area contributed by atoms with Crippen molar-refractivity contribution in [1.29, 1.82) is 0 Å². The summed E-state index contributed by atoms with van der Waals surface area (Å²) >= 11 is 0. The lowest BCUT2D eigenvalue weighted by Gasteiger charge is -2.32. The molecule has 16 heavy (non-hydrogen) atoms. The van der Waals surface area contributed by atoms with Gasteiger partial charge in [0.25, 0.3) is 0 Å². The summed E-state index contributed by atoms with van der Waals surface area (Å²) in [5.41, 5.74) is 0. The minimum Gasteiger partial charge on any atom is -0.353 e. The van der Waals surface area contributed by atoms with Crippen molar-refractivity contribution in [3.8, 4) is 0 Å². The summed E-state index contributed by atoms with van der Waals surface area (Å²) in [4.78, 5) is 34.9. The quantitative estimate of drug-likeness (QED) is 0.694. The second-order valence-electron chi connectivity index (χ2n) is 4.23. The maximum Gasteiger partial charge on any atom is 0.230 e. The van der Waals surface area contributed by atoms with E-state index in [4.69, 9.17) is 0 Å². The number of piperidine rings is 1. The van der Waals surface area contributed by atoms with Gasteiger partial charge in [-0.2, -0.15) is 0 Å². The molecule has 0 aliphatic carbocycles. The first-order chi connectivity index (χ1) is 7.49. The number of hydrogen-bond acceptors (Lipinski definition) is 3. The molecule has 1 fully saturated rings. The highest BCUT2D eigenvalue weighted by molar-refractivity contribution is 5.96. The Morgan fingerprint density at radius 3 is 2.19 bits per heavy atom. The van der Waals surface area contributed by atoms with Gasteiger partial charge in [-0.3, -0.25) is 14.4 Å². The summed E-state index contributed by atoms with van der Waals surface area (Å²) in [6, 6.07) is 0.166. The summed E-state index contributed by atoms with van der Waals surface area (Å²) in [6.07, 6.45) is 1.53. The average Bonchev–Trinajstić information content (AvgIpc) is 2.16. The van der Waals surface area contributed by atoms with E-state index in [9.17, 15) is 14.4 Å². The molecule has 5 heteroatoms. The molecule has 1 aliphatic heterocycles. The van der Waals surface area contributed by atoms with Gasteiger partial charge >= 0.3 is 0 Å². The van der Waals surface area contributed by atoms with Crippen molar-refractivity contribution in [2.24, 2.45) is 0 Å². The SMILES string of the molecule is CC(=O)CC(=O)N1CCC(NC(C)=O)CC1. The van der Waals surface area contributed by atoms with Gasteiger partial charge in [-0.15, -0.1) is 0 Å². The minimum absolute atomic E-state index is 0.00912. The van der Waals surface area contributed by atoms with Crippen molar-refractivity contribution >= 4 is 17.6 Å². The molecule has 0 aromatic heterocycles. The molecule has 90 valence electrons. The van der Waals surface area contributed by atoms with Crippen LogP contribution >= 0.6 is 0 Å². The third-order valence-corrected chi connectivity index (χ3v) is 2.66. The molecule has 0 radical (unpaired) electrons. The molecule has 0 aromatic carbocycles. The number of hydrogen-bond donors (Lipinski definition) is 1. The minimum atomic E-state index is -0.103. The zero-order chi connectivity index (χ0) is 12.1. The Morgan fingerprint density at radius 2 is 1.75 bits per heavy atom. The number of carbonyl (C=O) groups is 3. The van der Waals surface area contributed by atoms with Gasteiger partial charge in [-0.05, 0) is 19.8 Å². The van der Waals surface area contributed by atoms with Crippen LogP contribution in [0.15, 0.2) is 0 Å². The van der Waals surface area contributed by atoms with Crippen LogP contribution in [0.4, 0.5) is 0 Å². The third kappa shape index (κ3) is 4.00. The van der Waals surface area contributed by atoms with Gasteiger partial charge in [0.05, 0.1) is 6.42 Å². The Bertz CT molecular complexity index is 294. The molecule has 1 saturated heterocycles. The molecule has 2 amide bonds. The topological polar surface area (TPSA) is 66.5 Å². The Kier molecular flexibility index (Phi) is 4.46. The van der Waals surface area contributed by atoms with E-state index in [1.54, 1.807) is 4.90 Å². The van der Waals surface area contributed by atoms with Crippen LogP contribution in [0.3, 0.4) is 0 Å². The lowest BCUT2D eigenvalue weighted by atomic mass is 10.0. The van der Waals surface area contributed by atoms with E-state index >= 15 is 0 Å². The summed E-state index contributed by atoms with van der Waals surface area (Å²) in [6.45, 7) is 4.16. The van der Waals surface area contributed by atoms with Crippen LogP contribution in [-0.2, 0) is 14.4 Å². The molecule has 0 unspecified atom stereocenters. The Morgan fingerprint density at radius 1 is 1.19 bits per heavy atom. The molecule has 1 rings (SSSR count). The molecule has 1 aliphatic rings. The number of likely N-dealkylation sites (tertiary alicyclic amines) is 1. The summed E-state index contributed by atoms with van der Waals surface area (Å²) in [7, 11) is 0. The summed E-state index contributed by atoms with van der Waals surface area (Å²) in [5.74, 6) is -0.240. The number of nitrogens with one attached hydrogen (secondary N) is 1. The zero-order valence-corrected chi connectivity index (χ0v) is 9.78. The van der Waals surface area contributed by atoms with Crippen LogP contribution in [-0.4, -0.2) is 41.6 Å². The molecule has 0 spiro atoms. The van der Waals surface area contributed by atoms with E-state index in [0.29, 0.717) is 13.1 Å². The molecule has 0 aromatic rings. The monoisotopic (exact) mass is 226 g/mol. The maximum absolute atomic E-state index is 11.6. The van der Waals surface area contributed by atoms with Crippen LogP contribution in [0.2, 0.25) is 0 Å². The fourth-order valence-electron chi connectivity index (χ4n) is 1.89. The number of nitrogens with zero attached hydrogens (tertiary/aromatic N) is 1. The molecule has 5 nitrogen and oxygen atoms in total. The van der Waals surface area contributed by atoms with Gasteiger partial charge in [0.15, 0.2) is 0 Å². The Labute approximate surface area is 95.2 Å². The Hall–Kier alpha value is -1.39. The van der Waals surface area contributed by atoms with Crippen molar-refractivity contribution < 1.29 is 14.4 Å². The normalized spacial score (nSPS) is 17.0. The maximum atomic E-state index is 11.6. The van der Waals surface area contributed by atoms with E-state index in [0.717, 1.165) is 12.8 Å². The highest BCUT2D eigenvalue weighted by Crippen LogP contribution is 2.11. The first-order valence-electron chi connectivity index (χ1n) is 5.53. The molecule has 0 atom stereocenters. The molecular weight excluding hydrogens is 208 g/mol. The highest BCUT2D eigenvalue weighted by atomic mass is 16.2. The summed E-state index contributed by atoms with van der Waals surface area (Å²) in [5, 5.41) is 2.84. The zero-order valence-electron chi connectivity index (χ0n) is 9.78. The second kappa shape index (κ2) is 5.63. The van der Waals surface area contributed by atoms with Gasteiger partial charge in [-0.1, -0.05) is 0 Å². The van der Waals surface area contributed by atoms with Gasteiger partial charge in [0.2, 0.25) is 11.8 Å². The molecule has 0 saturated carbocycles. The van der Waals surface area contributed by atoms with Crippen molar-refractivity contribution in [1.82, 2.24) is 10.2 Å². The van der Waals surface area contributed by atoms with Crippen molar-refractivity contribution in [2.75, 3.05) is 13.1 Å². The average molecular weight is 226 g/mol. The highest BCUT2D eigenvalue weighted by Gasteiger charge is 2.23. The van der Waals surface area contributed by atoms with Crippen LogP contribution < -0.4 is 5.32 Å². The first kappa shape index (κ1) is 12.7. The lowest BCUT2D eigenvalue weighted by Crippen LogP contribution is -2.46. The second-order valence-corrected chi connectivity index (χ2v) is 4.23. The number of ketones is 1. The molecule has 0 bridgehead atoms. The standard InChI is InChI=1S/C11H18N2O3/c1-8(14)7-11(16)13-5-3-10(4-6-13)12-9(2)15/h10H,3-7H2,1-2H3,(H,12,15). The van der Waals surface area contributed by atoms with E-state index in [1.165, 1.54) is 13.8 Å². The smallest absolute Gasteiger partial charge is 0.230 e. The molecule has 1 N–H and O–H groups in total. The van der Waals surface area contributed by atoms with Crippen LogP contribution in [0.5, 0.6) is 0 Å². The Balaban J connectivity index is 2.34. The van der Waals surface area contributed by atoms with Crippen molar-refractivity contribution in [2.45, 2.75) is 39.2 Å². The molecular formula is C11H18N2O3. The predicted molar refractivity (Wildman–Crippen MR) is 58.7 cm³/mol.